The predicted octanol–water partition coefficient (Wildman–Crippen LogP) is 23.0. The van der Waals surface area contributed by atoms with Crippen molar-refractivity contribution in [2.75, 3.05) is 0 Å². The van der Waals surface area contributed by atoms with E-state index in [4.69, 9.17) is 6.57 Å². The Balaban J connectivity index is 1.14. The number of hydrogen-bond donors (Lipinski definition) is 0. The Kier molecular flexibility index (Phi) is 13.8. The molecule has 13 aromatic rings. The van der Waals surface area contributed by atoms with Crippen LogP contribution in [-0.2, 0) is 6.18 Å². The minimum absolute atomic E-state index is 0.104. The van der Waals surface area contributed by atoms with Gasteiger partial charge in [0.15, 0.2) is 5.69 Å². The summed E-state index contributed by atoms with van der Waals surface area (Å²) in [5.41, 5.74) is 30.8. The lowest BCUT2D eigenvalue weighted by Crippen LogP contribution is -2.04. The summed E-state index contributed by atoms with van der Waals surface area (Å²) in [5.74, 6) is 0. The molecule has 2 aromatic heterocycles. The maximum Gasteiger partial charge on any atom is 0.415 e. The summed E-state index contributed by atoms with van der Waals surface area (Å²) in [4.78, 5) is 3.72. The van der Waals surface area contributed by atoms with Gasteiger partial charge < -0.3 is 9.13 Å². The lowest BCUT2D eigenvalue weighted by molar-refractivity contribution is -0.137. The molecule has 11 aromatic carbocycles. The molecule has 0 radical (unpaired) electrons. The van der Waals surface area contributed by atoms with Gasteiger partial charge in [0, 0.05) is 38.2 Å². The van der Waals surface area contributed by atoms with Gasteiger partial charge in [0.2, 0.25) is 0 Å². The third-order valence-corrected chi connectivity index (χ3v) is 18.0. The lowest BCUT2D eigenvalue weighted by Gasteiger charge is -2.21. The molecular weight excluding hydrogens is 1090 g/mol. The van der Waals surface area contributed by atoms with Gasteiger partial charge in [0.25, 0.3) is 0 Å². The number of aromatic nitrogens is 2. The highest BCUT2D eigenvalue weighted by atomic mass is 19.4. The normalized spacial score (nSPS) is 11.8. The molecule has 88 heavy (non-hydrogen) atoms. The van der Waals surface area contributed by atoms with Crippen LogP contribution < -0.4 is 0 Å². The highest BCUT2D eigenvalue weighted by Gasteiger charge is 2.32. The molecule has 0 saturated carbocycles. The number of hydrogen-bond acceptors (Lipinski definition) is 1. The van der Waals surface area contributed by atoms with E-state index < -0.39 is 11.7 Å². The zero-order valence-corrected chi connectivity index (χ0v) is 51.7. The standard InChI is InChI=1S/C81H65F3N4/c1-44-28-48(5)77(49(6)29-44)58-16-24-71-66(37-58)67-38-59(78-50(7)30-45(2)31-51(78)8)17-25-72(67)87(71)75-36-56(43-85)14-21-64(75)65-22-15-57(63-23-20-62(81(82,83)84)42-70(63)86-13)41-76(65)88-73-26-18-60(79-52(9)32-46(3)33-53(79)10)39-68(73)69-40-61(19-27-74(69)88)80-54(11)34-47(4)35-55(80)12/h14-42H,1-12H3. The Morgan fingerprint density at radius 3 is 0.977 bits per heavy atom. The quantitative estimate of drug-likeness (QED) is 0.140. The topological polar surface area (TPSA) is 38.0 Å². The van der Waals surface area contributed by atoms with Gasteiger partial charge in [-0.05, 0) is 256 Å². The van der Waals surface area contributed by atoms with Crippen molar-refractivity contribution in [2.45, 2.75) is 89.3 Å². The molecule has 0 unspecified atom stereocenters. The van der Waals surface area contributed by atoms with Crippen LogP contribution in [0.1, 0.15) is 77.9 Å². The monoisotopic (exact) mass is 1150 g/mol. The van der Waals surface area contributed by atoms with Crippen LogP contribution in [-0.4, -0.2) is 9.13 Å². The van der Waals surface area contributed by atoms with Crippen LogP contribution >= 0.6 is 0 Å². The van der Waals surface area contributed by atoms with Crippen molar-refractivity contribution >= 4 is 49.3 Å². The summed E-state index contributed by atoms with van der Waals surface area (Å²) in [5, 5.41) is 15.0. The highest BCUT2D eigenvalue weighted by molar-refractivity contribution is 6.14. The van der Waals surface area contributed by atoms with Gasteiger partial charge in [-0.3, -0.25) is 0 Å². The molecule has 0 aliphatic heterocycles. The fourth-order valence-electron chi connectivity index (χ4n) is 14.9. The number of fused-ring (bicyclic) bond motifs is 6. The number of aryl methyl sites for hydroxylation is 12. The van der Waals surface area contributed by atoms with Gasteiger partial charge >= 0.3 is 6.18 Å². The first-order valence-electron chi connectivity index (χ1n) is 29.9. The van der Waals surface area contributed by atoms with E-state index in [9.17, 15) is 18.4 Å². The second kappa shape index (κ2) is 21.3. The van der Waals surface area contributed by atoms with Gasteiger partial charge in [-0.1, -0.05) is 125 Å². The SMILES string of the molecule is [C-]#[N+]c1cc(C(F)(F)F)ccc1-c1ccc(-c2ccc(C#N)cc2-n2c3ccc(-c4c(C)cc(C)cc4C)cc3c3cc(-c4c(C)cc(C)cc4C)ccc32)c(-n2c3ccc(-c4c(C)cc(C)cc4C)cc3c3cc(-c4c(C)cc(C)cc4C)ccc32)c1. The van der Waals surface area contributed by atoms with Crippen molar-refractivity contribution in [1.29, 1.82) is 5.26 Å². The second-order valence-corrected chi connectivity index (χ2v) is 24.6. The van der Waals surface area contributed by atoms with Crippen molar-refractivity contribution in [3.05, 3.63) is 265 Å². The maximum atomic E-state index is 14.4. The average molecular weight is 1150 g/mol. The highest BCUT2D eigenvalue weighted by Crippen LogP contribution is 2.48. The van der Waals surface area contributed by atoms with Gasteiger partial charge in [-0.25, -0.2) is 4.85 Å². The number of rotatable bonds is 8. The van der Waals surface area contributed by atoms with E-state index in [1.807, 2.05) is 36.4 Å². The zero-order valence-electron chi connectivity index (χ0n) is 51.7. The van der Waals surface area contributed by atoms with Crippen LogP contribution in [0.5, 0.6) is 0 Å². The summed E-state index contributed by atoms with van der Waals surface area (Å²) in [6.07, 6.45) is -4.64. The Morgan fingerprint density at radius 2 is 0.659 bits per heavy atom. The van der Waals surface area contributed by atoms with Crippen molar-refractivity contribution in [2.24, 2.45) is 0 Å². The lowest BCUT2D eigenvalue weighted by atomic mass is 9.91. The molecular formula is C81H65F3N4. The number of alkyl halides is 3. The van der Waals surface area contributed by atoms with E-state index in [2.05, 4.69) is 224 Å². The van der Waals surface area contributed by atoms with Crippen molar-refractivity contribution in [3.63, 3.8) is 0 Å². The Labute approximate surface area is 512 Å². The summed E-state index contributed by atoms with van der Waals surface area (Å²) in [7, 11) is 0. The van der Waals surface area contributed by atoms with E-state index in [0.717, 1.165) is 100 Å². The van der Waals surface area contributed by atoms with E-state index in [0.29, 0.717) is 16.7 Å². The van der Waals surface area contributed by atoms with Crippen LogP contribution in [0.15, 0.2) is 176 Å². The first-order valence-corrected chi connectivity index (χ1v) is 29.9. The van der Waals surface area contributed by atoms with E-state index in [1.54, 1.807) is 0 Å². The molecule has 0 aliphatic rings. The maximum absolute atomic E-state index is 14.4. The van der Waals surface area contributed by atoms with Crippen LogP contribution in [0.3, 0.4) is 0 Å². The minimum Gasteiger partial charge on any atom is -0.309 e. The summed E-state index contributed by atoms with van der Waals surface area (Å²) < 4.78 is 47.7. The molecule has 0 saturated heterocycles. The van der Waals surface area contributed by atoms with Crippen molar-refractivity contribution in [1.82, 2.24) is 9.13 Å². The largest absolute Gasteiger partial charge is 0.415 e. The Morgan fingerprint density at radius 1 is 0.352 bits per heavy atom. The van der Waals surface area contributed by atoms with E-state index in [-0.39, 0.29) is 5.69 Å². The molecule has 0 atom stereocenters. The Bertz CT molecular complexity index is 4920. The molecule has 0 amide bonds. The third kappa shape index (κ3) is 9.54. The molecule has 7 heteroatoms. The fraction of sp³-hybridized carbons (Fsp3) is 0.160. The fourth-order valence-corrected chi connectivity index (χ4v) is 14.9. The van der Waals surface area contributed by atoms with E-state index in [1.165, 1.54) is 95.1 Å². The van der Waals surface area contributed by atoms with Crippen molar-refractivity contribution in [3.8, 4) is 84.2 Å². The summed E-state index contributed by atoms with van der Waals surface area (Å²) >= 11 is 0. The Hall–Kier alpha value is -10.2. The molecule has 2 heterocycles. The van der Waals surface area contributed by atoms with Crippen molar-refractivity contribution < 1.29 is 13.2 Å². The third-order valence-electron chi connectivity index (χ3n) is 18.0. The predicted molar refractivity (Wildman–Crippen MR) is 361 cm³/mol. The van der Waals surface area contributed by atoms with Crippen LogP contribution in [0, 0.1) is 101 Å². The smallest absolute Gasteiger partial charge is 0.309 e. The molecule has 4 nitrogen and oxygen atoms in total. The number of benzene rings is 11. The average Bonchev–Trinajstić information content (AvgIpc) is 1.58. The molecule has 0 bridgehead atoms. The zero-order chi connectivity index (χ0) is 61.9. The molecule has 0 fully saturated rings. The van der Waals surface area contributed by atoms with Gasteiger partial charge in [-0.15, -0.1) is 0 Å². The number of halogens is 3. The van der Waals surface area contributed by atoms with Gasteiger partial charge in [-0.2, -0.15) is 18.4 Å². The number of nitriles is 1. The van der Waals surface area contributed by atoms with E-state index >= 15 is 0 Å². The molecule has 0 N–H and O–H groups in total. The molecule has 13 rings (SSSR count). The molecule has 430 valence electrons. The first-order chi connectivity index (χ1) is 42.1. The second-order valence-electron chi connectivity index (χ2n) is 24.6. The van der Waals surface area contributed by atoms with Crippen LogP contribution in [0.4, 0.5) is 18.9 Å². The summed E-state index contributed by atoms with van der Waals surface area (Å²) in [6, 6.07) is 62.6. The van der Waals surface area contributed by atoms with Crippen LogP contribution in [0.25, 0.3) is 127 Å². The van der Waals surface area contributed by atoms with Gasteiger partial charge in [0.05, 0.1) is 51.6 Å². The first kappa shape index (κ1) is 56.9. The molecule has 0 spiro atoms. The minimum atomic E-state index is -4.64. The van der Waals surface area contributed by atoms with Gasteiger partial charge in [0.1, 0.15) is 0 Å². The number of nitrogens with zero attached hydrogens (tertiary/aromatic N) is 4. The summed E-state index contributed by atoms with van der Waals surface area (Å²) in [6.45, 7) is 34.2. The van der Waals surface area contributed by atoms with Crippen LogP contribution in [0.2, 0.25) is 0 Å². The molecule has 0 aliphatic carbocycles.